The Labute approximate surface area is 127 Å². The average Bonchev–Trinajstić information content (AvgIpc) is 2.84. The van der Waals surface area contributed by atoms with E-state index in [1.54, 1.807) is 13.1 Å². The van der Waals surface area contributed by atoms with Crippen LogP contribution in [0.4, 0.5) is 13.2 Å². The highest BCUT2D eigenvalue weighted by Gasteiger charge is 2.30. The fraction of sp³-hybridized carbons (Fsp3) is 0.214. The van der Waals surface area contributed by atoms with E-state index in [0.717, 1.165) is 12.1 Å². The van der Waals surface area contributed by atoms with Crippen LogP contribution in [0.1, 0.15) is 21.7 Å². The van der Waals surface area contributed by atoms with Crippen LogP contribution >= 0.6 is 15.9 Å². The molecule has 2 rings (SSSR count). The second-order valence-electron chi connectivity index (χ2n) is 4.46. The first-order valence-electron chi connectivity index (χ1n) is 5.94. The molecule has 0 unspecified atom stereocenters. The number of hydrogen-bond donors (Lipinski definition) is 0. The van der Waals surface area contributed by atoms with Crippen LogP contribution in [-0.2, 0) is 12.7 Å². The maximum Gasteiger partial charge on any atom is 0.416 e. The number of nitrogens with zero attached hydrogens (tertiary/aromatic N) is 1. The van der Waals surface area contributed by atoms with E-state index in [-0.39, 0.29) is 18.2 Å². The van der Waals surface area contributed by atoms with E-state index in [1.807, 2.05) is 0 Å². The summed E-state index contributed by atoms with van der Waals surface area (Å²) in [7, 11) is 1.55. The Kier molecular flexibility index (Phi) is 4.41. The smallest absolute Gasteiger partial charge is 0.416 e. The molecule has 0 aliphatic rings. The van der Waals surface area contributed by atoms with Crippen LogP contribution in [0, 0.1) is 0 Å². The molecule has 1 heterocycles. The van der Waals surface area contributed by atoms with Crippen molar-refractivity contribution in [3.63, 3.8) is 0 Å². The molecule has 0 aliphatic heterocycles. The van der Waals surface area contributed by atoms with Gasteiger partial charge >= 0.3 is 6.18 Å². The Morgan fingerprint density at radius 3 is 2.29 bits per heavy atom. The molecular formula is C14H11BrF3NO2. The number of furan rings is 1. The standard InChI is InChI=1S/C14H11BrF3NO2/c1-19(13(20)11-6-7-12(15)21-11)8-9-2-4-10(5-3-9)14(16,17)18/h2-7H,8H2,1H3. The summed E-state index contributed by atoms with van der Waals surface area (Å²) < 4.78 is 42.9. The Bertz CT molecular complexity index is 634. The Morgan fingerprint density at radius 1 is 1.19 bits per heavy atom. The maximum absolute atomic E-state index is 12.5. The Hall–Kier alpha value is -1.76. The van der Waals surface area contributed by atoms with E-state index >= 15 is 0 Å². The fourth-order valence-electron chi connectivity index (χ4n) is 1.76. The highest BCUT2D eigenvalue weighted by atomic mass is 79.9. The fourth-order valence-corrected chi connectivity index (χ4v) is 2.07. The van der Waals surface area contributed by atoms with E-state index in [1.165, 1.54) is 23.1 Å². The monoisotopic (exact) mass is 361 g/mol. The SMILES string of the molecule is CN(Cc1ccc(C(F)(F)F)cc1)C(=O)c1ccc(Br)o1. The number of halogens is 4. The van der Waals surface area contributed by atoms with Crippen molar-refractivity contribution in [1.29, 1.82) is 0 Å². The molecule has 0 spiro atoms. The van der Waals surface area contributed by atoms with Crippen LogP contribution in [0.3, 0.4) is 0 Å². The Balaban J connectivity index is 2.06. The largest absolute Gasteiger partial charge is 0.444 e. The predicted octanol–water partition coefficient (Wildman–Crippen LogP) is 4.33. The van der Waals surface area contributed by atoms with Crippen molar-refractivity contribution in [2.45, 2.75) is 12.7 Å². The van der Waals surface area contributed by atoms with E-state index < -0.39 is 11.7 Å². The molecule has 2 aromatic rings. The lowest BCUT2D eigenvalue weighted by Gasteiger charge is -2.16. The van der Waals surface area contributed by atoms with Gasteiger partial charge in [-0.05, 0) is 45.8 Å². The quantitative estimate of drug-likeness (QED) is 0.814. The molecular weight excluding hydrogens is 351 g/mol. The molecule has 1 aromatic carbocycles. The minimum absolute atomic E-state index is 0.163. The van der Waals surface area contributed by atoms with Crippen LogP contribution in [0.5, 0.6) is 0 Å². The summed E-state index contributed by atoms with van der Waals surface area (Å²) in [6.45, 7) is 0.190. The van der Waals surface area contributed by atoms with Crippen LogP contribution < -0.4 is 0 Å². The van der Waals surface area contributed by atoms with Crippen molar-refractivity contribution in [1.82, 2.24) is 4.90 Å². The summed E-state index contributed by atoms with van der Waals surface area (Å²) in [5.41, 5.74) is -0.111. The molecule has 21 heavy (non-hydrogen) atoms. The van der Waals surface area contributed by atoms with E-state index in [9.17, 15) is 18.0 Å². The van der Waals surface area contributed by atoms with Gasteiger partial charge in [-0.1, -0.05) is 12.1 Å². The maximum atomic E-state index is 12.5. The van der Waals surface area contributed by atoms with Gasteiger partial charge in [0, 0.05) is 13.6 Å². The third-order valence-corrected chi connectivity index (χ3v) is 3.26. The average molecular weight is 362 g/mol. The molecule has 0 saturated heterocycles. The van der Waals surface area contributed by atoms with Crippen molar-refractivity contribution >= 4 is 21.8 Å². The highest BCUT2D eigenvalue weighted by molar-refractivity contribution is 9.10. The van der Waals surface area contributed by atoms with Crippen molar-refractivity contribution in [2.75, 3.05) is 7.05 Å². The molecule has 1 aromatic heterocycles. The van der Waals surface area contributed by atoms with Gasteiger partial charge in [-0.3, -0.25) is 4.79 Å². The van der Waals surface area contributed by atoms with Gasteiger partial charge in [-0.25, -0.2) is 0 Å². The van der Waals surface area contributed by atoms with Gasteiger partial charge in [0.15, 0.2) is 10.4 Å². The normalized spacial score (nSPS) is 11.5. The molecule has 0 atom stereocenters. The zero-order chi connectivity index (χ0) is 15.6. The molecule has 112 valence electrons. The lowest BCUT2D eigenvalue weighted by Crippen LogP contribution is -2.25. The minimum atomic E-state index is -4.36. The van der Waals surface area contributed by atoms with Crippen LogP contribution in [0.25, 0.3) is 0 Å². The van der Waals surface area contributed by atoms with Crippen molar-refractivity contribution in [2.24, 2.45) is 0 Å². The number of benzene rings is 1. The van der Waals surface area contributed by atoms with Crippen LogP contribution in [0.2, 0.25) is 0 Å². The van der Waals surface area contributed by atoms with E-state index in [4.69, 9.17) is 4.42 Å². The predicted molar refractivity (Wildman–Crippen MR) is 73.6 cm³/mol. The molecule has 1 amide bonds. The number of rotatable bonds is 3. The zero-order valence-corrected chi connectivity index (χ0v) is 12.5. The first-order chi connectivity index (χ1) is 9.77. The van der Waals surface area contributed by atoms with Crippen molar-refractivity contribution in [3.8, 4) is 0 Å². The van der Waals surface area contributed by atoms with Crippen molar-refractivity contribution < 1.29 is 22.4 Å². The molecule has 3 nitrogen and oxygen atoms in total. The summed E-state index contributed by atoms with van der Waals surface area (Å²) in [6.07, 6.45) is -4.36. The van der Waals surface area contributed by atoms with E-state index in [0.29, 0.717) is 10.2 Å². The number of carbonyl (C=O) groups is 1. The first-order valence-corrected chi connectivity index (χ1v) is 6.73. The summed E-state index contributed by atoms with van der Waals surface area (Å²) in [5, 5.41) is 0. The van der Waals surface area contributed by atoms with Crippen LogP contribution in [0.15, 0.2) is 45.5 Å². The topological polar surface area (TPSA) is 33.5 Å². The van der Waals surface area contributed by atoms with Gasteiger partial charge in [0.2, 0.25) is 0 Å². The van der Waals surface area contributed by atoms with Gasteiger partial charge in [0.1, 0.15) is 0 Å². The number of alkyl halides is 3. The molecule has 0 aliphatic carbocycles. The first kappa shape index (κ1) is 15.6. The molecule has 0 radical (unpaired) electrons. The van der Waals surface area contributed by atoms with Gasteiger partial charge in [-0.15, -0.1) is 0 Å². The minimum Gasteiger partial charge on any atom is -0.444 e. The summed E-state index contributed by atoms with van der Waals surface area (Å²) in [4.78, 5) is 13.4. The highest BCUT2D eigenvalue weighted by Crippen LogP contribution is 2.29. The molecule has 0 saturated carbocycles. The zero-order valence-electron chi connectivity index (χ0n) is 10.9. The van der Waals surface area contributed by atoms with Gasteiger partial charge in [-0.2, -0.15) is 13.2 Å². The van der Waals surface area contributed by atoms with Gasteiger partial charge in [0.25, 0.3) is 5.91 Å². The Morgan fingerprint density at radius 2 is 1.81 bits per heavy atom. The molecule has 7 heteroatoms. The summed E-state index contributed by atoms with van der Waals surface area (Å²) >= 11 is 3.10. The third-order valence-electron chi connectivity index (χ3n) is 2.83. The molecule has 0 fully saturated rings. The molecule has 0 N–H and O–H groups in total. The number of hydrogen-bond acceptors (Lipinski definition) is 2. The summed E-state index contributed by atoms with van der Waals surface area (Å²) in [5.74, 6) is -0.183. The van der Waals surface area contributed by atoms with Crippen LogP contribution in [-0.4, -0.2) is 17.9 Å². The third kappa shape index (κ3) is 3.87. The van der Waals surface area contributed by atoms with Crippen molar-refractivity contribution in [3.05, 3.63) is 58.0 Å². The number of amides is 1. The lowest BCUT2D eigenvalue weighted by atomic mass is 10.1. The lowest BCUT2D eigenvalue weighted by molar-refractivity contribution is -0.137. The second kappa shape index (κ2) is 5.93. The summed E-state index contributed by atoms with van der Waals surface area (Å²) in [6, 6.07) is 7.82. The van der Waals surface area contributed by atoms with Gasteiger partial charge in [0.05, 0.1) is 5.56 Å². The second-order valence-corrected chi connectivity index (χ2v) is 5.24. The van der Waals surface area contributed by atoms with E-state index in [2.05, 4.69) is 15.9 Å². The number of carbonyl (C=O) groups excluding carboxylic acids is 1. The molecule has 0 bridgehead atoms. The van der Waals surface area contributed by atoms with Gasteiger partial charge < -0.3 is 9.32 Å².